The number of likely N-dealkylation sites (tertiary alicyclic amines) is 2. The molecule has 0 N–H and O–H groups in total. The summed E-state index contributed by atoms with van der Waals surface area (Å²) < 4.78 is 0. The standard InChI is InChI=1S/C23H31ClN4O2/c1-3-20-25-12-19(24)22(26-20)23(30)27-8-6-17-13-28(14-18(17)7-9-27)21(29)11-16-5-4-15(2)10-16/h11-12,15,17-18H,3-10,13-14H2,1-2H3/b16-11-/t15?,17-,18+. The van der Waals surface area contributed by atoms with Crippen LogP contribution in [0.15, 0.2) is 17.8 Å². The van der Waals surface area contributed by atoms with E-state index in [1.54, 1.807) is 0 Å². The molecule has 3 atom stereocenters. The highest BCUT2D eigenvalue weighted by molar-refractivity contribution is 6.33. The van der Waals surface area contributed by atoms with Gasteiger partial charge in [-0.3, -0.25) is 9.59 Å². The van der Waals surface area contributed by atoms with E-state index in [0.29, 0.717) is 53.8 Å². The molecule has 2 saturated heterocycles. The molecule has 162 valence electrons. The van der Waals surface area contributed by atoms with Crippen molar-refractivity contribution in [3.8, 4) is 0 Å². The largest absolute Gasteiger partial charge is 0.339 e. The molecule has 1 saturated carbocycles. The Kier molecular flexibility index (Phi) is 6.42. The summed E-state index contributed by atoms with van der Waals surface area (Å²) in [5.41, 5.74) is 1.62. The number of hydrogen-bond donors (Lipinski definition) is 0. The fourth-order valence-electron chi connectivity index (χ4n) is 5.09. The summed E-state index contributed by atoms with van der Waals surface area (Å²) in [4.78, 5) is 38.2. The van der Waals surface area contributed by atoms with Crippen LogP contribution in [0, 0.1) is 17.8 Å². The Morgan fingerprint density at radius 1 is 1.17 bits per heavy atom. The minimum atomic E-state index is -0.106. The van der Waals surface area contributed by atoms with Crippen molar-refractivity contribution < 1.29 is 9.59 Å². The molecule has 3 fully saturated rings. The SMILES string of the molecule is CCc1ncc(Cl)c(C(=O)N2CC[C@@H]3CN(C(=O)/C=C4/CCC(C)C4)C[C@@H]3CC2)n1. The van der Waals surface area contributed by atoms with Crippen LogP contribution < -0.4 is 0 Å². The summed E-state index contributed by atoms with van der Waals surface area (Å²) >= 11 is 6.21. The maximum Gasteiger partial charge on any atom is 0.274 e. The fourth-order valence-corrected chi connectivity index (χ4v) is 5.26. The van der Waals surface area contributed by atoms with E-state index in [2.05, 4.69) is 16.9 Å². The molecule has 4 rings (SSSR count). The third-order valence-corrected chi connectivity index (χ3v) is 7.20. The first-order valence-electron chi connectivity index (χ1n) is 11.2. The Labute approximate surface area is 183 Å². The predicted octanol–water partition coefficient (Wildman–Crippen LogP) is 3.75. The van der Waals surface area contributed by atoms with Crippen LogP contribution in [0.2, 0.25) is 5.02 Å². The van der Waals surface area contributed by atoms with Gasteiger partial charge in [0, 0.05) is 38.7 Å². The van der Waals surface area contributed by atoms with E-state index in [4.69, 9.17) is 11.6 Å². The normalized spacial score (nSPS) is 28.0. The minimum Gasteiger partial charge on any atom is -0.339 e. The van der Waals surface area contributed by atoms with Crippen molar-refractivity contribution in [3.63, 3.8) is 0 Å². The molecule has 1 aliphatic carbocycles. The first-order chi connectivity index (χ1) is 14.4. The number of carbonyl (C=O) groups excluding carboxylic acids is 2. The van der Waals surface area contributed by atoms with Crippen LogP contribution in [0.4, 0.5) is 0 Å². The third kappa shape index (κ3) is 4.53. The number of carbonyl (C=O) groups is 2. The molecule has 30 heavy (non-hydrogen) atoms. The number of allylic oxidation sites excluding steroid dienone is 1. The maximum absolute atomic E-state index is 13.0. The summed E-state index contributed by atoms with van der Waals surface area (Å²) in [5, 5.41) is 0.313. The summed E-state index contributed by atoms with van der Waals surface area (Å²) in [6.07, 6.45) is 9.24. The summed E-state index contributed by atoms with van der Waals surface area (Å²) in [7, 11) is 0. The lowest BCUT2D eigenvalue weighted by Crippen LogP contribution is -2.34. The third-order valence-electron chi connectivity index (χ3n) is 6.92. The average Bonchev–Trinajstić information content (AvgIpc) is 3.28. The molecular formula is C23H31ClN4O2. The first kappa shape index (κ1) is 21.3. The number of nitrogens with zero attached hydrogens (tertiary/aromatic N) is 4. The molecule has 3 heterocycles. The topological polar surface area (TPSA) is 66.4 Å². The smallest absolute Gasteiger partial charge is 0.274 e. The van der Waals surface area contributed by atoms with Gasteiger partial charge in [-0.1, -0.05) is 31.0 Å². The minimum absolute atomic E-state index is 0.106. The molecule has 6 nitrogen and oxygen atoms in total. The zero-order valence-electron chi connectivity index (χ0n) is 17.9. The van der Waals surface area contributed by atoms with Gasteiger partial charge < -0.3 is 9.80 Å². The zero-order chi connectivity index (χ0) is 21.3. The van der Waals surface area contributed by atoms with Crippen molar-refractivity contribution in [2.75, 3.05) is 26.2 Å². The summed E-state index contributed by atoms with van der Waals surface area (Å²) in [6, 6.07) is 0. The number of aromatic nitrogens is 2. The van der Waals surface area contributed by atoms with Gasteiger partial charge in [0.25, 0.3) is 5.91 Å². The van der Waals surface area contributed by atoms with Crippen LogP contribution in [0.1, 0.15) is 62.3 Å². The second kappa shape index (κ2) is 9.04. The highest BCUT2D eigenvalue weighted by Gasteiger charge is 2.37. The molecule has 1 aromatic heterocycles. The Hall–Kier alpha value is -1.95. The van der Waals surface area contributed by atoms with E-state index >= 15 is 0 Å². The van der Waals surface area contributed by atoms with Gasteiger partial charge in [0.15, 0.2) is 5.69 Å². The molecule has 3 aliphatic rings. The Morgan fingerprint density at radius 3 is 2.47 bits per heavy atom. The van der Waals surface area contributed by atoms with Crippen LogP contribution in [0.25, 0.3) is 0 Å². The lowest BCUT2D eigenvalue weighted by atomic mass is 9.92. The van der Waals surface area contributed by atoms with Crippen LogP contribution >= 0.6 is 11.6 Å². The number of hydrogen-bond acceptors (Lipinski definition) is 4. The van der Waals surface area contributed by atoms with Crippen molar-refractivity contribution in [2.45, 2.75) is 52.4 Å². The molecule has 0 aromatic carbocycles. The molecule has 1 unspecified atom stereocenters. The number of amides is 2. The monoisotopic (exact) mass is 430 g/mol. The van der Waals surface area contributed by atoms with Gasteiger partial charge in [-0.2, -0.15) is 0 Å². The highest BCUT2D eigenvalue weighted by atomic mass is 35.5. The van der Waals surface area contributed by atoms with E-state index < -0.39 is 0 Å². The van der Waals surface area contributed by atoms with E-state index in [0.717, 1.165) is 38.8 Å². The molecule has 0 bridgehead atoms. The molecule has 7 heteroatoms. The fraction of sp³-hybridized carbons (Fsp3) is 0.652. The van der Waals surface area contributed by atoms with Gasteiger partial charge in [0.2, 0.25) is 5.91 Å². The van der Waals surface area contributed by atoms with Crippen LogP contribution in [0.5, 0.6) is 0 Å². The number of rotatable bonds is 3. The van der Waals surface area contributed by atoms with Gasteiger partial charge in [0.05, 0.1) is 11.2 Å². The molecule has 2 aliphatic heterocycles. The number of aryl methyl sites for hydroxylation is 1. The number of halogens is 1. The predicted molar refractivity (Wildman–Crippen MR) is 116 cm³/mol. The Balaban J connectivity index is 1.37. The van der Waals surface area contributed by atoms with Crippen molar-refractivity contribution >= 4 is 23.4 Å². The van der Waals surface area contributed by atoms with Crippen LogP contribution in [-0.2, 0) is 11.2 Å². The lowest BCUT2D eigenvalue weighted by Gasteiger charge is -2.22. The quantitative estimate of drug-likeness (QED) is 0.685. The molecule has 1 aromatic rings. The Morgan fingerprint density at radius 2 is 1.87 bits per heavy atom. The van der Waals surface area contributed by atoms with E-state index in [9.17, 15) is 9.59 Å². The second-order valence-corrected chi connectivity index (χ2v) is 9.53. The van der Waals surface area contributed by atoms with Gasteiger partial charge >= 0.3 is 0 Å². The van der Waals surface area contributed by atoms with Crippen LogP contribution in [0.3, 0.4) is 0 Å². The van der Waals surface area contributed by atoms with Crippen molar-refractivity contribution in [1.29, 1.82) is 0 Å². The van der Waals surface area contributed by atoms with E-state index in [1.807, 2.05) is 22.8 Å². The molecule has 0 radical (unpaired) electrons. The van der Waals surface area contributed by atoms with Crippen LogP contribution in [-0.4, -0.2) is 57.8 Å². The van der Waals surface area contributed by atoms with Crippen molar-refractivity contribution in [2.24, 2.45) is 17.8 Å². The van der Waals surface area contributed by atoms with E-state index in [-0.39, 0.29) is 11.8 Å². The van der Waals surface area contributed by atoms with E-state index in [1.165, 1.54) is 18.2 Å². The summed E-state index contributed by atoms with van der Waals surface area (Å²) in [6.45, 7) is 7.19. The van der Waals surface area contributed by atoms with Gasteiger partial charge in [-0.15, -0.1) is 0 Å². The highest BCUT2D eigenvalue weighted by Crippen LogP contribution is 2.34. The first-order valence-corrected chi connectivity index (χ1v) is 11.6. The lowest BCUT2D eigenvalue weighted by molar-refractivity contribution is -0.125. The van der Waals surface area contributed by atoms with Crippen molar-refractivity contribution in [3.05, 3.63) is 34.4 Å². The van der Waals surface area contributed by atoms with Gasteiger partial charge in [-0.05, 0) is 49.9 Å². The molecule has 2 amide bonds. The van der Waals surface area contributed by atoms with Gasteiger partial charge in [0.1, 0.15) is 5.82 Å². The number of fused-ring (bicyclic) bond motifs is 1. The molecule has 0 spiro atoms. The zero-order valence-corrected chi connectivity index (χ0v) is 18.7. The summed E-state index contributed by atoms with van der Waals surface area (Å²) in [5.74, 6) is 2.33. The average molecular weight is 431 g/mol. The Bertz CT molecular complexity index is 840. The van der Waals surface area contributed by atoms with Crippen molar-refractivity contribution in [1.82, 2.24) is 19.8 Å². The maximum atomic E-state index is 13.0. The molecular weight excluding hydrogens is 400 g/mol. The second-order valence-electron chi connectivity index (χ2n) is 9.12. The van der Waals surface area contributed by atoms with Gasteiger partial charge in [-0.25, -0.2) is 9.97 Å².